The van der Waals surface area contributed by atoms with Crippen molar-refractivity contribution in [3.63, 3.8) is 0 Å². The predicted molar refractivity (Wildman–Crippen MR) is 130 cm³/mol. The molecule has 5 rings (SSSR count). The van der Waals surface area contributed by atoms with Gasteiger partial charge < -0.3 is 19.0 Å². The number of nitrogens with zero attached hydrogens (tertiary/aromatic N) is 1. The molecule has 7 nitrogen and oxygen atoms in total. The van der Waals surface area contributed by atoms with Crippen LogP contribution in [0.5, 0.6) is 5.75 Å². The minimum Gasteiger partial charge on any atom is -0.490 e. The van der Waals surface area contributed by atoms with Gasteiger partial charge >= 0.3 is 5.97 Å². The molecule has 0 spiro atoms. The quantitative estimate of drug-likeness (QED) is 0.321. The Hall–Kier alpha value is -3.20. The van der Waals surface area contributed by atoms with Crippen molar-refractivity contribution in [1.29, 1.82) is 0 Å². The van der Waals surface area contributed by atoms with E-state index >= 15 is 0 Å². The first kappa shape index (κ1) is 22.6. The Kier molecular flexibility index (Phi) is 6.36. The largest absolute Gasteiger partial charge is 0.490 e. The maximum absolute atomic E-state index is 12.7. The lowest BCUT2D eigenvalue weighted by Crippen LogP contribution is -2.37. The number of carbonyl (C=O) groups is 1. The van der Waals surface area contributed by atoms with Gasteiger partial charge in [0.1, 0.15) is 23.1 Å². The molecule has 1 fully saturated rings. The number of carboxylic acid groups (broad SMARTS) is 1. The first-order valence-electron chi connectivity index (χ1n) is 10.7. The summed E-state index contributed by atoms with van der Waals surface area (Å²) in [6, 6.07) is 12.1. The molecular weight excluding hydrogens is 478 g/mol. The molecule has 34 heavy (non-hydrogen) atoms. The Bertz CT molecular complexity index is 1390. The van der Waals surface area contributed by atoms with Crippen LogP contribution in [0.4, 0.5) is 0 Å². The van der Waals surface area contributed by atoms with E-state index in [9.17, 15) is 9.59 Å². The number of aliphatic carboxylic acids is 1. The molecule has 0 atom stereocenters. The number of thiazole rings is 1. The van der Waals surface area contributed by atoms with E-state index in [1.807, 2.05) is 23.6 Å². The van der Waals surface area contributed by atoms with Crippen LogP contribution in [0.2, 0.25) is 5.02 Å². The van der Waals surface area contributed by atoms with Gasteiger partial charge in [-0.1, -0.05) is 23.7 Å². The number of carboxylic acids is 1. The highest BCUT2D eigenvalue weighted by molar-refractivity contribution is 7.13. The van der Waals surface area contributed by atoms with Gasteiger partial charge in [-0.2, -0.15) is 0 Å². The van der Waals surface area contributed by atoms with Crippen LogP contribution < -0.4 is 10.2 Å². The highest BCUT2D eigenvalue weighted by atomic mass is 35.5. The number of rotatable bonds is 8. The highest BCUT2D eigenvalue weighted by Crippen LogP contribution is 2.36. The molecule has 0 unspecified atom stereocenters. The first-order chi connectivity index (χ1) is 16.5. The van der Waals surface area contributed by atoms with Gasteiger partial charge in [-0.3, -0.25) is 9.59 Å². The molecule has 1 aliphatic carbocycles. The molecule has 1 aliphatic rings. The van der Waals surface area contributed by atoms with Crippen molar-refractivity contribution in [1.82, 2.24) is 4.98 Å². The van der Waals surface area contributed by atoms with Crippen molar-refractivity contribution in [3.8, 4) is 27.6 Å². The summed E-state index contributed by atoms with van der Waals surface area (Å²) < 4.78 is 17.8. The van der Waals surface area contributed by atoms with Crippen molar-refractivity contribution in [2.75, 3.05) is 13.2 Å². The summed E-state index contributed by atoms with van der Waals surface area (Å²) in [7, 11) is 0. The van der Waals surface area contributed by atoms with Crippen molar-refractivity contribution < 1.29 is 23.8 Å². The summed E-state index contributed by atoms with van der Waals surface area (Å²) in [4.78, 5) is 28.0. The minimum absolute atomic E-state index is 0.0634. The zero-order valence-electron chi connectivity index (χ0n) is 17.9. The van der Waals surface area contributed by atoms with Gasteiger partial charge in [0.05, 0.1) is 34.6 Å². The third kappa shape index (κ3) is 4.57. The van der Waals surface area contributed by atoms with Crippen LogP contribution in [-0.2, 0) is 9.53 Å². The minimum atomic E-state index is -0.781. The third-order valence-corrected chi connectivity index (χ3v) is 6.89. The lowest BCUT2D eigenvalue weighted by atomic mass is 9.82. The van der Waals surface area contributed by atoms with Gasteiger partial charge in [-0.25, -0.2) is 4.98 Å². The van der Waals surface area contributed by atoms with Crippen LogP contribution in [-0.4, -0.2) is 35.4 Å². The van der Waals surface area contributed by atoms with E-state index in [0.29, 0.717) is 52.5 Å². The summed E-state index contributed by atoms with van der Waals surface area (Å²) in [5.74, 6) is -0.245. The number of fused-ring (bicyclic) bond motifs is 1. The zero-order chi connectivity index (χ0) is 23.7. The Morgan fingerprint density at radius 1 is 1.21 bits per heavy atom. The van der Waals surface area contributed by atoms with E-state index in [1.165, 1.54) is 17.4 Å². The van der Waals surface area contributed by atoms with Gasteiger partial charge in [0, 0.05) is 23.2 Å². The number of halogens is 1. The molecular formula is C25H20ClNO6S. The second-order valence-electron chi connectivity index (χ2n) is 7.99. The van der Waals surface area contributed by atoms with Gasteiger partial charge in [0.25, 0.3) is 0 Å². The van der Waals surface area contributed by atoms with Gasteiger partial charge in [-0.15, -0.1) is 11.3 Å². The Labute approximate surface area is 203 Å². The van der Waals surface area contributed by atoms with E-state index in [0.717, 1.165) is 10.6 Å². The fourth-order valence-corrected chi connectivity index (χ4v) is 4.74. The van der Waals surface area contributed by atoms with E-state index in [-0.39, 0.29) is 24.1 Å². The standard InChI is InChI=1S/C25H20ClNO6S/c26-19-3-1-2-17-20(28)13-22(33-23(17)19)18-5-4-14(24-27-6-9-34-24)12-21(18)32-8-7-31-16-10-15(11-16)25(29)30/h1-6,9,12-13,15-16H,7-8,10-11H2,(H,29,30)/t15-,16+. The predicted octanol–water partition coefficient (Wildman–Crippen LogP) is 5.50. The number of benzene rings is 2. The lowest BCUT2D eigenvalue weighted by molar-refractivity contribution is -0.151. The molecule has 174 valence electrons. The first-order valence-corrected chi connectivity index (χ1v) is 12.0. The molecule has 0 saturated heterocycles. The van der Waals surface area contributed by atoms with Crippen molar-refractivity contribution >= 4 is 39.9 Å². The maximum Gasteiger partial charge on any atom is 0.306 e. The molecule has 9 heteroatoms. The van der Waals surface area contributed by atoms with E-state index in [4.69, 9.17) is 30.6 Å². The smallest absolute Gasteiger partial charge is 0.306 e. The molecule has 1 saturated carbocycles. The van der Waals surface area contributed by atoms with Crippen molar-refractivity contribution in [2.24, 2.45) is 5.92 Å². The van der Waals surface area contributed by atoms with Crippen molar-refractivity contribution in [3.05, 3.63) is 69.3 Å². The van der Waals surface area contributed by atoms with Crippen LogP contribution in [0, 0.1) is 5.92 Å². The van der Waals surface area contributed by atoms with Crippen LogP contribution in [0.15, 0.2) is 63.3 Å². The summed E-state index contributed by atoms with van der Waals surface area (Å²) in [6.07, 6.45) is 2.70. The van der Waals surface area contributed by atoms with Crippen LogP contribution in [0.25, 0.3) is 32.9 Å². The molecule has 4 aromatic rings. The second-order valence-corrected chi connectivity index (χ2v) is 9.29. The monoisotopic (exact) mass is 497 g/mol. The lowest BCUT2D eigenvalue weighted by Gasteiger charge is -2.32. The van der Waals surface area contributed by atoms with Crippen LogP contribution >= 0.6 is 22.9 Å². The summed E-state index contributed by atoms with van der Waals surface area (Å²) in [6.45, 7) is 0.562. The molecule has 0 aliphatic heterocycles. The molecule has 2 heterocycles. The SMILES string of the molecule is O=c1cc(-c2ccc(-c3nccs3)cc2OCCO[C@H]2C[C@@H](C(=O)O)C2)oc2c(Cl)cccc12. The fourth-order valence-electron chi connectivity index (χ4n) is 3.89. The topological polar surface area (TPSA) is 98.9 Å². The van der Waals surface area contributed by atoms with Gasteiger partial charge in [0.15, 0.2) is 11.0 Å². The number of aromatic nitrogens is 1. The fraction of sp³-hybridized carbons (Fsp3) is 0.240. The van der Waals surface area contributed by atoms with Gasteiger partial charge in [-0.05, 0) is 37.1 Å². The van der Waals surface area contributed by atoms with Gasteiger partial charge in [0.2, 0.25) is 0 Å². The summed E-state index contributed by atoms with van der Waals surface area (Å²) >= 11 is 7.79. The molecule has 2 aromatic carbocycles. The zero-order valence-corrected chi connectivity index (χ0v) is 19.5. The molecule has 1 N–H and O–H groups in total. The number of ether oxygens (including phenoxy) is 2. The second kappa shape index (κ2) is 9.58. The Balaban J connectivity index is 1.41. The van der Waals surface area contributed by atoms with E-state index < -0.39 is 5.97 Å². The summed E-state index contributed by atoms with van der Waals surface area (Å²) in [5.41, 5.74) is 1.60. The average Bonchev–Trinajstić information content (AvgIpc) is 3.33. The molecule has 0 radical (unpaired) electrons. The molecule has 0 amide bonds. The highest BCUT2D eigenvalue weighted by Gasteiger charge is 2.35. The Morgan fingerprint density at radius 3 is 2.82 bits per heavy atom. The Morgan fingerprint density at radius 2 is 2.06 bits per heavy atom. The molecule has 2 aromatic heterocycles. The summed E-state index contributed by atoms with van der Waals surface area (Å²) in [5, 5.41) is 12.5. The number of hydrogen-bond donors (Lipinski definition) is 1. The average molecular weight is 498 g/mol. The van der Waals surface area contributed by atoms with E-state index in [2.05, 4.69) is 4.98 Å². The maximum atomic E-state index is 12.7. The van der Waals surface area contributed by atoms with Crippen LogP contribution in [0.1, 0.15) is 12.8 Å². The number of para-hydroxylation sites is 1. The van der Waals surface area contributed by atoms with Crippen LogP contribution in [0.3, 0.4) is 0 Å². The number of hydrogen-bond acceptors (Lipinski definition) is 7. The normalized spacial score (nSPS) is 17.4. The van der Waals surface area contributed by atoms with Crippen molar-refractivity contribution in [2.45, 2.75) is 18.9 Å². The van der Waals surface area contributed by atoms with E-state index in [1.54, 1.807) is 24.4 Å². The third-order valence-electron chi connectivity index (χ3n) is 5.77. The molecule has 0 bridgehead atoms.